The third-order valence-corrected chi connectivity index (χ3v) is 8.05. The van der Waals surface area contributed by atoms with Crippen molar-refractivity contribution < 1.29 is 28.5 Å². The molecule has 0 saturated carbocycles. The fourth-order valence-corrected chi connectivity index (χ4v) is 5.54. The van der Waals surface area contributed by atoms with Crippen LogP contribution in [-0.2, 0) is 22.8 Å². The highest BCUT2D eigenvalue weighted by molar-refractivity contribution is 5.90. The van der Waals surface area contributed by atoms with E-state index in [4.69, 9.17) is 18.9 Å². The molecule has 0 spiro atoms. The summed E-state index contributed by atoms with van der Waals surface area (Å²) in [6.45, 7) is 0.714. The Balaban J connectivity index is 0.960. The number of carbonyl (C=O) groups is 2. The number of rotatable bonds is 12. The highest BCUT2D eigenvalue weighted by Gasteiger charge is 2.44. The SMILES string of the molecule is O=C1N[C@H](c2ccccc2OCc2ccc(COc3ccccc3[C@@H]3NC(=O)[C@@H]3Oc3ccccc3)cc2)[C@@H]1Oc1ccccc1. The molecule has 0 aromatic heterocycles. The lowest BCUT2D eigenvalue weighted by Crippen LogP contribution is -2.58. The lowest BCUT2D eigenvalue weighted by molar-refractivity contribution is -0.141. The van der Waals surface area contributed by atoms with Crippen LogP contribution in [0.1, 0.15) is 34.3 Å². The van der Waals surface area contributed by atoms with Gasteiger partial charge in [0.1, 0.15) is 48.3 Å². The lowest BCUT2D eigenvalue weighted by atomic mass is 9.93. The maximum atomic E-state index is 12.3. The molecule has 5 aromatic carbocycles. The molecule has 0 unspecified atom stereocenters. The second kappa shape index (κ2) is 13.1. The quantitative estimate of drug-likeness (QED) is 0.166. The van der Waals surface area contributed by atoms with Crippen LogP contribution in [0.15, 0.2) is 133 Å². The minimum absolute atomic E-state index is 0.151. The fourth-order valence-electron chi connectivity index (χ4n) is 5.54. The van der Waals surface area contributed by atoms with Crippen molar-refractivity contribution >= 4 is 11.8 Å². The van der Waals surface area contributed by atoms with Crippen molar-refractivity contribution in [3.8, 4) is 23.0 Å². The molecule has 0 bridgehead atoms. The molecular formula is C38H32N2O6. The summed E-state index contributed by atoms with van der Waals surface area (Å²) >= 11 is 0. The Morgan fingerprint density at radius 2 is 0.826 bits per heavy atom. The van der Waals surface area contributed by atoms with Crippen molar-refractivity contribution in [2.45, 2.75) is 37.5 Å². The summed E-state index contributed by atoms with van der Waals surface area (Å²) in [4.78, 5) is 24.7. The van der Waals surface area contributed by atoms with Gasteiger partial charge in [-0.15, -0.1) is 0 Å². The first-order chi connectivity index (χ1) is 22.6. The van der Waals surface area contributed by atoms with Gasteiger partial charge in [-0.25, -0.2) is 0 Å². The number of amides is 2. The molecule has 5 aromatic rings. The van der Waals surface area contributed by atoms with Gasteiger partial charge >= 0.3 is 0 Å². The van der Waals surface area contributed by atoms with Crippen molar-refractivity contribution in [1.82, 2.24) is 10.6 Å². The average molecular weight is 613 g/mol. The normalized spacial score (nSPS) is 19.9. The van der Waals surface area contributed by atoms with E-state index in [1.165, 1.54) is 0 Å². The van der Waals surface area contributed by atoms with Crippen LogP contribution < -0.4 is 29.6 Å². The Kier molecular flexibility index (Phi) is 8.24. The van der Waals surface area contributed by atoms with E-state index in [9.17, 15) is 9.59 Å². The van der Waals surface area contributed by atoms with Crippen LogP contribution in [0.2, 0.25) is 0 Å². The Morgan fingerprint density at radius 3 is 1.22 bits per heavy atom. The Hall–Kier alpha value is -5.76. The molecule has 2 saturated heterocycles. The molecule has 8 nitrogen and oxygen atoms in total. The van der Waals surface area contributed by atoms with E-state index in [0.717, 1.165) is 22.3 Å². The van der Waals surface area contributed by atoms with E-state index in [0.29, 0.717) is 36.2 Å². The molecule has 2 amide bonds. The van der Waals surface area contributed by atoms with Crippen LogP contribution in [0.5, 0.6) is 23.0 Å². The molecule has 2 heterocycles. The van der Waals surface area contributed by atoms with E-state index in [2.05, 4.69) is 10.6 Å². The standard InChI is InChI=1S/C38H32N2O6/c41-37-35(45-27-11-3-1-4-12-27)33(39-37)29-15-7-9-17-31(29)43-23-25-19-21-26(22-20-25)24-44-32-18-10-8-16-30(32)34-36(38(42)40-34)46-28-13-5-2-6-14-28/h1-22,33-36H,23-24H2,(H,39,41)(H,40,42)/t33-,34+,35+,36-. The Labute approximate surface area is 266 Å². The topological polar surface area (TPSA) is 95.1 Å². The number of β-lactam (4-membered cyclic amide) rings is 2. The predicted molar refractivity (Wildman–Crippen MR) is 171 cm³/mol. The van der Waals surface area contributed by atoms with Gasteiger partial charge in [-0.1, -0.05) is 97.1 Å². The van der Waals surface area contributed by atoms with Crippen molar-refractivity contribution in [2.24, 2.45) is 0 Å². The number of benzene rings is 5. The Morgan fingerprint density at radius 1 is 0.457 bits per heavy atom. The van der Waals surface area contributed by atoms with E-state index in [1.807, 2.05) is 133 Å². The number of carbonyl (C=O) groups excluding carboxylic acids is 2. The van der Waals surface area contributed by atoms with Gasteiger partial charge in [-0.05, 0) is 47.5 Å². The number of nitrogens with one attached hydrogen (secondary N) is 2. The first kappa shape index (κ1) is 29.0. The molecule has 2 fully saturated rings. The highest BCUT2D eigenvalue weighted by atomic mass is 16.5. The number of hydrogen-bond donors (Lipinski definition) is 2. The van der Waals surface area contributed by atoms with E-state index in [-0.39, 0.29) is 23.9 Å². The molecule has 4 atom stereocenters. The second-order valence-electron chi connectivity index (χ2n) is 11.1. The number of ether oxygens (including phenoxy) is 4. The van der Waals surface area contributed by atoms with Crippen LogP contribution >= 0.6 is 0 Å². The van der Waals surface area contributed by atoms with E-state index in [1.54, 1.807) is 0 Å². The summed E-state index contributed by atoms with van der Waals surface area (Å²) in [6, 6.07) is 41.5. The zero-order valence-electron chi connectivity index (χ0n) is 24.9. The van der Waals surface area contributed by atoms with Crippen LogP contribution in [0.4, 0.5) is 0 Å². The van der Waals surface area contributed by atoms with Gasteiger partial charge in [-0.3, -0.25) is 9.59 Å². The summed E-state index contributed by atoms with van der Waals surface area (Å²) in [7, 11) is 0. The monoisotopic (exact) mass is 612 g/mol. The summed E-state index contributed by atoms with van der Waals surface area (Å²) in [6.07, 6.45) is -1.25. The molecule has 2 N–H and O–H groups in total. The van der Waals surface area contributed by atoms with Gasteiger partial charge < -0.3 is 29.6 Å². The highest BCUT2D eigenvalue weighted by Crippen LogP contribution is 2.36. The van der Waals surface area contributed by atoms with Crippen LogP contribution in [0.3, 0.4) is 0 Å². The first-order valence-electron chi connectivity index (χ1n) is 15.2. The molecule has 2 aliphatic heterocycles. The van der Waals surface area contributed by atoms with Crippen molar-refractivity contribution in [1.29, 1.82) is 0 Å². The average Bonchev–Trinajstić information content (AvgIpc) is 3.11. The summed E-state index contributed by atoms with van der Waals surface area (Å²) in [5.41, 5.74) is 3.72. The zero-order chi connectivity index (χ0) is 31.3. The number of para-hydroxylation sites is 4. The maximum Gasteiger partial charge on any atom is 0.264 e. The van der Waals surface area contributed by atoms with Gasteiger partial charge in [0.2, 0.25) is 12.2 Å². The van der Waals surface area contributed by atoms with Crippen LogP contribution in [0.25, 0.3) is 0 Å². The van der Waals surface area contributed by atoms with Gasteiger partial charge in [0.15, 0.2) is 0 Å². The molecule has 230 valence electrons. The van der Waals surface area contributed by atoms with E-state index < -0.39 is 12.2 Å². The molecule has 2 aliphatic rings. The van der Waals surface area contributed by atoms with Crippen molar-refractivity contribution in [3.05, 3.63) is 156 Å². The van der Waals surface area contributed by atoms with Crippen molar-refractivity contribution in [2.75, 3.05) is 0 Å². The van der Waals surface area contributed by atoms with E-state index >= 15 is 0 Å². The van der Waals surface area contributed by atoms with Crippen molar-refractivity contribution in [3.63, 3.8) is 0 Å². The van der Waals surface area contributed by atoms with Crippen LogP contribution in [0, 0.1) is 0 Å². The van der Waals surface area contributed by atoms with Crippen LogP contribution in [-0.4, -0.2) is 24.0 Å². The summed E-state index contributed by atoms with van der Waals surface area (Å²) < 4.78 is 24.4. The molecular weight excluding hydrogens is 580 g/mol. The fraction of sp³-hybridized carbons (Fsp3) is 0.158. The zero-order valence-corrected chi connectivity index (χ0v) is 24.9. The minimum atomic E-state index is -0.626. The molecule has 46 heavy (non-hydrogen) atoms. The second-order valence-corrected chi connectivity index (χ2v) is 11.1. The van der Waals surface area contributed by atoms with Gasteiger partial charge in [-0.2, -0.15) is 0 Å². The summed E-state index contributed by atoms with van der Waals surface area (Å²) in [5.74, 6) is 2.37. The van der Waals surface area contributed by atoms with Gasteiger partial charge in [0.25, 0.3) is 11.8 Å². The third-order valence-electron chi connectivity index (χ3n) is 8.05. The minimum Gasteiger partial charge on any atom is -0.489 e. The predicted octanol–water partition coefficient (Wildman–Crippen LogP) is 6.08. The first-order valence-corrected chi connectivity index (χ1v) is 15.2. The lowest BCUT2D eigenvalue weighted by Gasteiger charge is -2.37. The molecule has 0 aliphatic carbocycles. The molecule has 0 radical (unpaired) electrons. The molecule has 7 rings (SSSR count). The Bertz CT molecular complexity index is 1680. The largest absolute Gasteiger partial charge is 0.489 e. The maximum absolute atomic E-state index is 12.3. The molecule has 8 heteroatoms. The summed E-state index contributed by atoms with van der Waals surface area (Å²) in [5, 5.41) is 5.90. The smallest absolute Gasteiger partial charge is 0.264 e. The van der Waals surface area contributed by atoms with Gasteiger partial charge in [0, 0.05) is 11.1 Å². The van der Waals surface area contributed by atoms with Gasteiger partial charge in [0.05, 0.1) is 0 Å². The third kappa shape index (κ3) is 6.23. The number of hydrogen-bond acceptors (Lipinski definition) is 6.